The minimum absolute atomic E-state index is 0.928. The first kappa shape index (κ1) is 25.6. The minimum Gasteiger partial charge on any atom is -0.455 e. The molecule has 2 aromatic heterocycles. The fourth-order valence-electron chi connectivity index (χ4n) is 7.43. The molecule has 2 heterocycles. The average Bonchev–Trinajstić information content (AvgIpc) is 3.69. The largest absolute Gasteiger partial charge is 0.455 e. The molecule has 0 saturated carbocycles. The zero-order chi connectivity index (χ0) is 30.2. The Morgan fingerprint density at radius 1 is 0.370 bits per heavy atom. The highest BCUT2D eigenvalue weighted by molar-refractivity contribution is 7.24. The molecule has 10 aromatic rings. The van der Waals surface area contributed by atoms with Crippen LogP contribution in [0.15, 0.2) is 162 Å². The summed E-state index contributed by atoms with van der Waals surface area (Å²) in [7, 11) is 0. The average molecular weight is 603 g/mol. The summed E-state index contributed by atoms with van der Waals surface area (Å²) < 4.78 is 7.79. The lowest BCUT2D eigenvalue weighted by molar-refractivity contribution is 0.673. The molecule has 10 rings (SSSR count). The van der Waals surface area contributed by atoms with E-state index in [-0.39, 0.29) is 0 Å². The molecule has 2 heteroatoms. The Morgan fingerprint density at radius 3 is 1.70 bits per heavy atom. The van der Waals surface area contributed by atoms with Crippen LogP contribution in [-0.4, -0.2) is 0 Å². The van der Waals surface area contributed by atoms with E-state index in [2.05, 4.69) is 152 Å². The van der Waals surface area contributed by atoms with Crippen molar-refractivity contribution in [1.82, 2.24) is 0 Å². The van der Waals surface area contributed by atoms with Gasteiger partial charge < -0.3 is 4.42 Å². The molecule has 0 unspecified atom stereocenters. The first-order chi connectivity index (χ1) is 22.8. The molecule has 8 aromatic carbocycles. The second-order valence-corrected chi connectivity index (χ2v) is 13.0. The van der Waals surface area contributed by atoms with Crippen molar-refractivity contribution in [3.63, 3.8) is 0 Å². The lowest BCUT2D eigenvalue weighted by Gasteiger charge is -2.18. The lowest BCUT2D eigenvalue weighted by atomic mass is 9.86. The summed E-state index contributed by atoms with van der Waals surface area (Å²) in [5.41, 5.74) is 8.16. The van der Waals surface area contributed by atoms with Crippen LogP contribution in [0.1, 0.15) is 0 Å². The summed E-state index contributed by atoms with van der Waals surface area (Å²) in [6, 6.07) is 57.2. The Bertz CT molecular complexity index is 2740. The van der Waals surface area contributed by atoms with Gasteiger partial charge in [-0.2, -0.15) is 0 Å². The van der Waals surface area contributed by atoms with Crippen LogP contribution in [0.4, 0.5) is 0 Å². The number of rotatable bonds is 3. The topological polar surface area (TPSA) is 13.1 Å². The second kappa shape index (κ2) is 9.90. The van der Waals surface area contributed by atoms with Crippen LogP contribution in [0.5, 0.6) is 0 Å². The molecule has 0 spiro atoms. The van der Waals surface area contributed by atoms with Crippen molar-refractivity contribution >= 4 is 75.7 Å². The highest BCUT2D eigenvalue weighted by Gasteiger charge is 2.24. The number of thiophene rings is 1. The van der Waals surface area contributed by atoms with Crippen molar-refractivity contribution in [3.8, 4) is 32.7 Å². The number of benzene rings is 8. The van der Waals surface area contributed by atoms with Gasteiger partial charge in [-0.25, -0.2) is 0 Å². The fraction of sp³-hybridized carbons (Fsp3) is 0. The van der Waals surface area contributed by atoms with Gasteiger partial charge in [0.1, 0.15) is 5.58 Å². The molecule has 0 radical (unpaired) electrons. The Morgan fingerprint density at radius 2 is 0.957 bits per heavy atom. The van der Waals surface area contributed by atoms with E-state index in [1.165, 1.54) is 75.1 Å². The Labute approximate surface area is 269 Å². The minimum atomic E-state index is 0.928. The molecular weight excluding hydrogens is 577 g/mol. The van der Waals surface area contributed by atoms with Crippen LogP contribution in [0.3, 0.4) is 0 Å². The van der Waals surface area contributed by atoms with Crippen molar-refractivity contribution in [2.45, 2.75) is 0 Å². The van der Waals surface area contributed by atoms with Crippen molar-refractivity contribution in [3.05, 3.63) is 158 Å². The number of fused-ring (bicyclic) bond motifs is 8. The van der Waals surface area contributed by atoms with Crippen LogP contribution < -0.4 is 0 Å². The van der Waals surface area contributed by atoms with E-state index in [0.717, 1.165) is 21.9 Å². The molecule has 0 bridgehead atoms. The summed E-state index contributed by atoms with van der Waals surface area (Å²) in [4.78, 5) is 1.27. The van der Waals surface area contributed by atoms with Gasteiger partial charge in [0.05, 0.1) is 4.70 Å². The lowest BCUT2D eigenvalue weighted by Crippen LogP contribution is -1.91. The van der Waals surface area contributed by atoms with Gasteiger partial charge in [-0.1, -0.05) is 140 Å². The Kier molecular flexibility index (Phi) is 5.51. The summed E-state index contributed by atoms with van der Waals surface area (Å²) in [6.45, 7) is 0. The number of hydrogen-bond donors (Lipinski definition) is 0. The zero-order valence-corrected chi connectivity index (χ0v) is 25.6. The SMILES string of the molecule is c1ccc(-c2c(-c3c4ccccc4c(-c4ccc5ccccc5c4)c4ccccc34)sc3c2ccc2c4ccccc4oc23)cc1. The monoisotopic (exact) mass is 602 g/mol. The Hall–Kier alpha value is -5.70. The third kappa shape index (κ3) is 3.68. The normalized spacial score (nSPS) is 11.9. The number of hydrogen-bond acceptors (Lipinski definition) is 2. The molecule has 0 fully saturated rings. The van der Waals surface area contributed by atoms with Gasteiger partial charge in [0.25, 0.3) is 0 Å². The molecule has 0 N–H and O–H groups in total. The van der Waals surface area contributed by atoms with Gasteiger partial charge in [-0.05, 0) is 67.2 Å². The van der Waals surface area contributed by atoms with Crippen molar-refractivity contribution < 1.29 is 4.42 Å². The summed E-state index contributed by atoms with van der Waals surface area (Å²) in [5.74, 6) is 0. The maximum atomic E-state index is 6.60. The molecular formula is C44H26OS. The van der Waals surface area contributed by atoms with Crippen LogP contribution in [0.2, 0.25) is 0 Å². The maximum Gasteiger partial charge on any atom is 0.153 e. The number of para-hydroxylation sites is 1. The highest BCUT2D eigenvalue weighted by Crippen LogP contribution is 2.53. The van der Waals surface area contributed by atoms with Crippen LogP contribution in [-0.2, 0) is 0 Å². The van der Waals surface area contributed by atoms with Crippen molar-refractivity contribution in [2.75, 3.05) is 0 Å². The molecule has 0 amide bonds. The van der Waals surface area contributed by atoms with E-state index in [1.807, 2.05) is 17.4 Å². The molecule has 0 atom stereocenters. The smallest absolute Gasteiger partial charge is 0.153 e. The molecule has 46 heavy (non-hydrogen) atoms. The van der Waals surface area contributed by atoms with Gasteiger partial charge in [0.15, 0.2) is 5.58 Å². The van der Waals surface area contributed by atoms with E-state index in [0.29, 0.717) is 0 Å². The molecule has 214 valence electrons. The van der Waals surface area contributed by atoms with Gasteiger partial charge in [0, 0.05) is 32.2 Å². The quantitative estimate of drug-likeness (QED) is 0.183. The van der Waals surface area contributed by atoms with Gasteiger partial charge in [0.2, 0.25) is 0 Å². The molecule has 0 aliphatic rings. The summed E-state index contributed by atoms with van der Waals surface area (Å²) in [5, 5.41) is 11.1. The van der Waals surface area contributed by atoms with Gasteiger partial charge in [-0.3, -0.25) is 0 Å². The van der Waals surface area contributed by atoms with E-state index in [4.69, 9.17) is 4.42 Å². The van der Waals surface area contributed by atoms with Gasteiger partial charge in [-0.15, -0.1) is 11.3 Å². The van der Waals surface area contributed by atoms with E-state index in [9.17, 15) is 0 Å². The van der Waals surface area contributed by atoms with Crippen LogP contribution in [0.25, 0.3) is 97.0 Å². The van der Waals surface area contributed by atoms with Crippen molar-refractivity contribution in [2.24, 2.45) is 0 Å². The van der Waals surface area contributed by atoms with Crippen LogP contribution in [0, 0.1) is 0 Å². The number of furan rings is 1. The zero-order valence-electron chi connectivity index (χ0n) is 24.8. The molecule has 0 saturated heterocycles. The summed E-state index contributed by atoms with van der Waals surface area (Å²) >= 11 is 1.86. The highest BCUT2D eigenvalue weighted by atomic mass is 32.1. The van der Waals surface area contributed by atoms with Gasteiger partial charge >= 0.3 is 0 Å². The Balaban J connectivity index is 1.36. The third-order valence-corrected chi connectivity index (χ3v) is 10.7. The molecule has 0 aliphatic heterocycles. The fourth-order valence-corrected chi connectivity index (χ4v) is 8.81. The van der Waals surface area contributed by atoms with E-state index < -0.39 is 0 Å². The van der Waals surface area contributed by atoms with E-state index in [1.54, 1.807) is 0 Å². The predicted octanol–water partition coefficient (Wildman–Crippen LogP) is 13.3. The first-order valence-electron chi connectivity index (χ1n) is 15.7. The van der Waals surface area contributed by atoms with E-state index >= 15 is 0 Å². The maximum absolute atomic E-state index is 6.60. The third-order valence-electron chi connectivity index (χ3n) is 9.46. The predicted molar refractivity (Wildman–Crippen MR) is 198 cm³/mol. The first-order valence-corrected chi connectivity index (χ1v) is 16.5. The molecule has 1 nitrogen and oxygen atoms in total. The standard InChI is InChI=1S/C44H26OS/c1-2-13-28(14-3-1)40-37-25-24-36-31-16-10-11-21-38(31)45-42(36)43(37)46-44(40)41-34-19-8-6-17-32(34)39(33-18-7-9-20-35(33)41)30-23-22-27-12-4-5-15-29(27)26-30/h1-26H. The second-order valence-electron chi connectivity index (χ2n) is 12.0. The summed E-state index contributed by atoms with van der Waals surface area (Å²) in [6.07, 6.45) is 0. The van der Waals surface area contributed by atoms with Crippen LogP contribution >= 0.6 is 11.3 Å². The van der Waals surface area contributed by atoms with Crippen molar-refractivity contribution in [1.29, 1.82) is 0 Å². The molecule has 0 aliphatic carbocycles.